The zero-order valence-corrected chi connectivity index (χ0v) is 14.8. The SMILES string of the molecule is O=C1OC(c2ccc(I)c(Br)c2)=N/C1=C\c1ccc(F)cc1. The molecule has 0 unspecified atom stereocenters. The van der Waals surface area contributed by atoms with Crippen LogP contribution in [0.3, 0.4) is 0 Å². The lowest BCUT2D eigenvalue weighted by atomic mass is 10.2. The van der Waals surface area contributed by atoms with Gasteiger partial charge >= 0.3 is 5.97 Å². The number of carbonyl (C=O) groups is 1. The molecule has 0 N–H and O–H groups in total. The number of hydrogen-bond acceptors (Lipinski definition) is 3. The molecule has 0 aromatic heterocycles. The highest BCUT2D eigenvalue weighted by atomic mass is 127. The molecule has 1 heterocycles. The molecule has 0 aliphatic carbocycles. The Hall–Kier alpha value is -1.54. The number of rotatable bonds is 2. The maximum absolute atomic E-state index is 12.9. The lowest BCUT2D eigenvalue weighted by molar-refractivity contribution is -0.129. The first-order chi connectivity index (χ1) is 10.5. The fourth-order valence-electron chi connectivity index (χ4n) is 1.88. The highest BCUT2D eigenvalue weighted by molar-refractivity contribution is 14.1. The summed E-state index contributed by atoms with van der Waals surface area (Å²) in [7, 11) is 0. The van der Waals surface area contributed by atoms with Gasteiger partial charge in [-0.2, -0.15) is 0 Å². The maximum atomic E-state index is 12.9. The first kappa shape index (κ1) is 15.4. The molecule has 2 aromatic carbocycles. The molecule has 2 aromatic rings. The second kappa shape index (κ2) is 6.29. The maximum Gasteiger partial charge on any atom is 0.363 e. The van der Waals surface area contributed by atoms with Crippen LogP contribution in [0.5, 0.6) is 0 Å². The van der Waals surface area contributed by atoms with E-state index in [9.17, 15) is 9.18 Å². The molecule has 1 aliphatic heterocycles. The van der Waals surface area contributed by atoms with Crippen molar-refractivity contribution in [1.29, 1.82) is 0 Å². The van der Waals surface area contributed by atoms with Crippen molar-refractivity contribution in [3.8, 4) is 0 Å². The van der Waals surface area contributed by atoms with Gasteiger partial charge in [0.15, 0.2) is 5.70 Å². The van der Waals surface area contributed by atoms with Gasteiger partial charge in [-0.15, -0.1) is 0 Å². The van der Waals surface area contributed by atoms with E-state index in [0.717, 1.165) is 8.04 Å². The topological polar surface area (TPSA) is 38.7 Å². The molecule has 0 bridgehead atoms. The van der Waals surface area contributed by atoms with Crippen LogP contribution in [0.2, 0.25) is 0 Å². The van der Waals surface area contributed by atoms with Crippen molar-refractivity contribution < 1.29 is 13.9 Å². The van der Waals surface area contributed by atoms with E-state index in [4.69, 9.17) is 4.74 Å². The van der Waals surface area contributed by atoms with Crippen molar-refractivity contribution >= 4 is 56.5 Å². The second-order valence-corrected chi connectivity index (χ2v) is 6.53. The van der Waals surface area contributed by atoms with Crippen LogP contribution in [0.4, 0.5) is 4.39 Å². The van der Waals surface area contributed by atoms with Crippen molar-refractivity contribution in [1.82, 2.24) is 0 Å². The monoisotopic (exact) mass is 471 g/mol. The lowest BCUT2D eigenvalue weighted by Crippen LogP contribution is -2.05. The van der Waals surface area contributed by atoms with E-state index in [1.165, 1.54) is 12.1 Å². The minimum absolute atomic E-state index is 0.191. The van der Waals surface area contributed by atoms with Gasteiger partial charge in [0.25, 0.3) is 0 Å². The molecule has 6 heteroatoms. The Labute approximate surface area is 148 Å². The standard InChI is InChI=1S/C16H8BrFINO2/c17-12-8-10(3-6-13(12)19)15-20-14(16(21)22-15)7-9-1-4-11(18)5-2-9/h1-8H/b14-7-. The lowest BCUT2D eigenvalue weighted by Gasteiger charge is -2.01. The molecule has 0 spiro atoms. The summed E-state index contributed by atoms with van der Waals surface area (Å²) >= 11 is 5.62. The van der Waals surface area contributed by atoms with Gasteiger partial charge in [0, 0.05) is 13.6 Å². The third-order valence-corrected chi connectivity index (χ3v) is 5.30. The van der Waals surface area contributed by atoms with Crippen molar-refractivity contribution in [3.05, 3.63) is 73.1 Å². The first-order valence-electron chi connectivity index (χ1n) is 6.26. The molecule has 0 amide bonds. The Bertz CT molecular complexity index is 815. The van der Waals surface area contributed by atoms with Crippen LogP contribution >= 0.6 is 38.5 Å². The number of ether oxygens (including phenoxy) is 1. The Morgan fingerprint density at radius 1 is 1.18 bits per heavy atom. The van der Waals surface area contributed by atoms with Crippen LogP contribution < -0.4 is 0 Å². The minimum Gasteiger partial charge on any atom is -0.402 e. The van der Waals surface area contributed by atoms with Crippen LogP contribution in [-0.2, 0) is 9.53 Å². The largest absolute Gasteiger partial charge is 0.402 e. The smallest absolute Gasteiger partial charge is 0.363 e. The molecule has 0 saturated heterocycles. The summed E-state index contributed by atoms with van der Waals surface area (Å²) in [5.41, 5.74) is 1.58. The molecular formula is C16H8BrFINO2. The third-order valence-electron chi connectivity index (χ3n) is 2.96. The summed E-state index contributed by atoms with van der Waals surface area (Å²) in [4.78, 5) is 16.1. The van der Waals surface area contributed by atoms with Gasteiger partial charge in [-0.25, -0.2) is 14.2 Å². The average molecular weight is 472 g/mol. The van der Waals surface area contributed by atoms with Crippen LogP contribution in [0.15, 0.2) is 57.6 Å². The van der Waals surface area contributed by atoms with Crippen LogP contribution in [0, 0.1) is 9.39 Å². The third kappa shape index (κ3) is 3.27. The fourth-order valence-corrected chi connectivity index (χ4v) is 2.59. The van der Waals surface area contributed by atoms with E-state index in [1.807, 2.05) is 18.2 Å². The summed E-state index contributed by atoms with van der Waals surface area (Å²) in [6, 6.07) is 11.4. The average Bonchev–Trinajstić information content (AvgIpc) is 2.85. The quantitative estimate of drug-likeness (QED) is 0.366. The van der Waals surface area contributed by atoms with Crippen molar-refractivity contribution in [2.45, 2.75) is 0 Å². The molecule has 0 saturated carbocycles. The van der Waals surface area contributed by atoms with E-state index in [1.54, 1.807) is 18.2 Å². The summed E-state index contributed by atoms with van der Waals surface area (Å²) in [5.74, 6) is -0.589. The van der Waals surface area contributed by atoms with Crippen LogP contribution in [-0.4, -0.2) is 11.9 Å². The molecule has 110 valence electrons. The molecule has 1 aliphatic rings. The van der Waals surface area contributed by atoms with E-state index in [-0.39, 0.29) is 17.4 Å². The van der Waals surface area contributed by atoms with Crippen molar-refractivity contribution in [2.24, 2.45) is 4.99 Å². The van der Waals surface area contributed by atoms with E-state index in [0.29, 0.717) is 11.1 Å². The molecule has 0 atom stereocenters. The van der Waals surface area contributed by atoms with Gasteiger partial charge in [-0.05, 0) is 80.5 Å². The van der Waals surface area contributed by atoms with Gasteiger partial charge in [0.05, 0.1) is 0 Å². The van der Waals surface area contributed by atoms with E-state index in [2.05, 4.69) is 43.5 Å². The minimum atomic E-state index is -0.519. The Morgan fingerprint density at radius 2 is 1.91 bits per heavy atom. The summed E-state index contributed by atoms with van der Waals surface area (Å²) in [5, 5.41) is 0. The van der Waals surface area contributed by atoms with Gasteiger partial charge in [0.2, 0.25) is 5.90 Å². The summed E-state index contributed by atoms with van der Waals surface area (Å²) < 4.78 is 20.0. The van der Waals surface area contributed by atoms with Gasteiger partial charge in [0.1, 0.15) is 5.82 Å². The Kier molecular flexibility index (Phi) is 4.39. The normalized spacial score (nSPS) is 15.9. The van der Waals surface area contributed by atoms with Gasteiger partial charge in [-0.3, -0.25) is 0 Å². The highest BCUT2D eigenvalue weighted by Gasteiger charge is 2.24. The van der Waals surface area contributed by atoms with Crippen molar-refractivity contribution in [3.63, 3.8) is 0 Å². The van der Waals surface area contributed by atoms with Crippen LogP contribution in [0.25, 0.3) is 6.08 Å². The predicted octanol–water partition coefficient (Wildman–Crippen LogP) is 4.54. The molecule has 22 heavy (non-hydrogen) atoms. The van der Waals surface area contributed by atoms with Gasteiger partial charge in [-0.1, -0.05) is 12.1 Å². The van der Waals surface area contributed by atoms with Crippen molar-refractivity contribution in [2.75, 3.05) is 0 Å². The molecule has 0 fully saturated rings. The summed E-state index contributed by atoms with van der Waals surface area (Å²) in [6.45, 7) is 0. The number of halogens is 3. The number of cyclic esters (lactones) is 1. The summed E-state index contributed by atoms with van der Waals surface area (Å²) in [6.07, 6.45) is 1.57. The molecule has 0 radical (unpaired) electrons. The predicted molar refractivity (Wildman–Crippen MR) is 93.9 cm³/mol. The number of hydrogen-bond donors (Lipinski definition) is 0. The fraction of sp³-hybridized carbons (Fsp3) is 0. The highest BCUT2D eigenvalue weighted by Crippen LogP contribution is 2.24. The van der Waals surface area contributed by atoms with Gasteiger partial charge < -0.3 is 4.74 Å². The van der Waals surface area contributed by atoms with E-state index < -0.39 is 5.97 Å². The number of carbonyl (C=O) groups excluding carboxylic acids is 1. The number of nitrogens with zero attached hydrogens (tertiary/aromatic N) is 1. The Morgan fingerprint density at radius 3 is 2.59 bits per heavy atom. The first-order valence-corrected chi connectivity index (χ1v) is 8.14. The number of benzene rings is 2. The van der Waals surface area contributed by atoms with E-state index >= 15 is 0 Å². The zero-order chi connectivity index (χ0) is 15.7. The molecule has 3 rings (SSSR count). The number of esters is 1. The Balaban J connectivity index is 1.94. The number of aliphatic imine (C=N–C) groups is 1. The van der Waals surface area contributed by atoms with Crippen LogP contribution in [0.1, 0.15) is 11.1 Å². The molecular weight excluding hydrogens is 464 g/mol. The zero-order valence-electron chi connectivity index (χ0n) is 11.0. The molecule has 3 nitrogen and oxygen atoms in total. The second-order valence-electron chi connectivity index (χ2n) is 4.52.